The predicted octanol–water partition coefficient (Wildman–Crippen LogP) is 19.1. The Morgan fingerprint density at radius 3 is 0.548 bits per heavy atom. The minimum absolute atomic E-state index is 0.0151. The molecule has 0 aromatic heterocycles. The topological polar surface area (TPSA) is 0 Å². The molecule has 0 saturated carbocycles. The summed E-state index contributed by atoms with van der Waals surface area (Å²) >= 11 is 0. The maximum Gasteiger partial charge on any atom is 0.460 e. The van der Waals surface area contributed by atoms with E-state index in [1.54, 1.807) is 0 Å². The fraction of sp³-hybridized carbons (Fsp3) is 0.667. The highest BCUT2D eigenvalue weighted by atomic mass is 19.5. The second kappa shape index (κ2) is 22.0. The summed E-state index contributed by atoms with van der Waals surface area (Å²) in [4.78, 5) is 0. The summed E-state index contributed by atoms with van der Waals surface area (Å²) < 4.78 is 572. The van der Waals surface area contributed by atoms with Gasteiger partial charge < -0.3 is 0 Å². The van der Waals surface area contributed by atoms with Gasteiger partial charge in [-0.3, -0.25) is 0 Å². The van der Waals surface area contributed by atoms with Crippen LogP contribution in [0.4, 0.5) is 184 Å². The zero-order chi connectivity index (χ0) is 67.0. The highest BCUT2D eigenvalue weighted by molar-refractivity contribution is 5.44. The van der Waals surface area contributed by atoms with E-state index < -0.39 is 170 Å². The first-order chi connectivity index (χ1) is 36.6. The van der Waals surface area contributed by atoms with Crippen molar-refractivity contribution in [3.63, 3.8) is 0 Å². The monoisotopic (exact) mass is 1330 g/mol. The molecule has 84 heavy (non-hydrogen) atoms. The molecule has 0 aliphatic carbocycles. The van der Waals surface area contributed by atoms with E-state index in [1.807, 2.05) is 0 Å². The molecule has 0 fully saturated rings. The van der Waals surface area contributed by atoms with Crippen molar-refractivity contribution in [2.45, 2.75) is 170 Å². The molecule has 0 unspecified atom stereocenters. The van der Waals surface area contributed by atoms with E-state index in [2.05, 4.69) is 11.8 Å². The van der Waals surface area contributed by atoms with Crippen LogP contribution >= 0.6 is 0 Å². The molecule has 486 valence electrons. The molecule has 0 atom stereocenters. The van der Waals surface area contributed by atoms with Gasteiger partial charge in [-0.1, -0.05) is 36.1 Å². The van der Waals surface area contributed by atoms with Gasteiger partial charge in [-0.05, 0) is 73.9 Å². The highest BCUT2D eigenvalue weighted by Crippen LogP contribution is 2.69. The van der Waals surface area contributed by atoms with Gasteiger partial charge in [0.1, 0.15) is 0 Å². The first kappa shape index (κ1) is 75.2. The number of alkyl halides is 42. The van der Waals surface area contributed by atoms with Crippen molar-refractivity contribution in [1.29, 1.82) is 0 Å². The summed E-state index contributed by atoms with van der Waals surface area (Å²) in [6.07, 6.45) is -28.1. The molecule has 2 rings (SSSR count). The quantitative estimate of drug-likeness (QED) is 0.0500. The van der Waals surface area contributed by atoms with Crippen molar-refractivity contribution in [3.05, 3.63) is 70.8 Å². The molecule has 0 amide bonds. The number of rotatable bonds is 26. The number of hydrogen-bond acceptors (Lipinski definition) is 0. The lowest BCUT2D eigenvalue weighted by Gasteiger charge is -2.44. The fourth-order valence-corrected chi connectivity index (χ4v) is 6.50. The lowest BCUT2D eigenvalue weighted by molar-refractivity contribution is -0.474. The molecule has 42 heteroatoms. The van der Waals surface area contributed by atoms with Crippen molar-refractivity contribution in [2.75, 3.05) is 0 Å². The summed E-state index contributed by atoms with van der Waals surface area (Å²) in [5.74, 6) is -152. The third kappa shape index (κ3) is 11.4. The normalized spacial score (nSPS) is 15.8. The first-order valence-corrected chi connectivity index (χ1v) is 21.2. The number of benzene rings is 2. The van der Waals surface area contributed by atoms with Gasteiger partial charge in [-0.25, -0.2) is 0 Å². The molecule has 0 heterocycles. The third-order valence-corrected chi connectivity index (χ3v) is 11.8. The standard InChI is InChI=1S/C42H24F42/c43-23(44,25(47,48)27(51,52)29(55,56)31(59,60)33(63,64)35(67,68)37(71,72)39(75,76)41(79,80)81)17-3-1-5-19-7-11-21(12-8-19)15-16-22-13-9-20(10-14-22)6-2-4-18-24(45,46)26(49,50)28(53,54)30(57,58)32(61,62)34(65,66)36(69,70)38(73,74)40(77,78)42(82,83)84/h7-14H,1-6,17-18H2. The van der Waals surface area contributed by atoms with Crippen molar-refractivity contribution in [2.24, 2.45) is 0 Å². The Morgan fingerprint density at radius 1 is 0.202 bits per heavy atom. The first-order valence-electron chi connectivity index (χ1n) is 21.2. The molecule has 2 aromatic carbocycles. The van der Waals surface area contributed by atoms with E-state index in [1.165, 1.54) is 0 Å². The minimum Gasteiger partial charge on any atom is -0.200 e. The molecule has 0 N–H and O–H groups in total. The molecule has 0 spiro atoms. The molecule has 0 nitrogen and oxygen atoms in total. The second-order valence-electron chi connectivity index (χ2n) is 17.7. The van der Waals surface area contributed by atoms with Crippen LogP contribution in [0.25, 0.3) is 0 Å². The lowest BCUT2D eigenvalue weighted by atomic mass is 9.85. The van der Waals surface area contributed by atoms with Crippen LogP contribution in [0.15, 0.2) is 48.5 Å². The van der Waals surface area contributed by atoms with Crippen LogP contribution in [0, 0.1) is 11.8 Å². The predicted molar refractivity (Wildman–Crippen MR) is 195 cm³/mol. The van der Waals surface area contributed by atoms with Gasteiger partial charge >= 0.3 is 119 Å². The average molecular weight is 1330 g/mol. The molecule has 0 aliphatic rings. The van der Waals surface area contributed by atoms with Gasteiger partial charge in [-0.15, -0.1) is 0 Å². The number of hydrogen-bond donors (Lipinski definition) is 0. The van der Waals surface area contributed by atoms with E-state index in [0.29, 0.717) is 0 Å². The summed E-state index contributed by atoms with van der Waals surface area (Å²) in [5, 5.41) is 0. The smallest absolute Gasteiger partial charge is 0.200 e. The van der Waals surface area contributed by atoms with Crippen molar-refractivity contribution in [1.82, 2.24) is 0 Å². The van der Waals surface area contributed by atoms with Crippen molar-refractivity contribution in [3.8, 4) is 11.8 Å². The zero-order valence-corrected chi connectivity index (χ0v) is 39.2. The van der Waals surface area contributed by atoms with Crippen molar-refractivity contribution < 1.29 is 184 Å². The third-order valence-electron chi connectivity index (χ3n) is 11.8. The van der Waals surface area contributed by atoms with Gasteiger partial charge in [0.25, 0.3) is 0 Å². The zero-order valence-electron chi connectivity index (χ0n) is 39.2. The highest BCUT2D eigenvalue weighted by Gasteiger charge is 3.00. The Labute approximate surface area is 437 Å². The molecular formula is C42H24F42. The Kier molecular flexibility index (Phi) is 19.7. The van der Waals surface area contributed by atoms with Crippen LogP contribution in [-0.2, 0) is 12.8 Å². The largest absolute Gasteiger partial charge is 0.460 e. The van der Waals surface area contributed by atoms with E-state index >= 15 is 0 Å². The molecule has 0 saturated heterocycles. The molecule has 0 bridgehead atoms. The summed E-state index contributed by atoms with van der Waals surface area (Å²) in [6, 6.07) is 8.37. The summed E-state index contributed by atoms with van der Waals surface area (Å²) in [7, 11) is 0. The van der Waals surface area contributed by atoms with Crippen LogP contribution in [0.1, 0.15) is 60.8 Å². The van der Waals surface area contributed by atoms with Gasteiger partial charge in [-0.2, -0.15) is 184 Å². The Hall–Kier alpha value is -4.94. The summed E-state index contributed by atoms with van der Waals surface area (Å²) in [5.41, 5.74) is -0.110. The van der Waals surface area contributed by atoms with Gasteiger partial charge in [0.05, 0.1) is 0 Å². The van der Waals surface area contributed by atoms with Crippen LogP contribution in [-0.4, -0.2) is 119 Å². The molecule has 0 aliphatic heterocycles. The lowest BCUT2D eigenvalue weighted by Crippen LogP contribution is -2.76. The van der Waals surface area contributed by atoms with Gasteiger partial charge in [0, 0.05) is 24.0 Å². The van der Waals surface area contributed by atoms with Crippen LogP contribution < -0.4 is 0 Å². The van der Waals surface area contributed by atoms with Crippen LogP contribution in [0.5, 0.6) is 0 Å². The Bertz CT molecular complexity index is 2440. The minimum atomic E-state index is -9.32. The SMILES string of the molecule is FC(F)(F)C(F)(F)C(F)(F)C(F)(F)C(F)(F)C(F)(F)C(F)(F)C(F)(F)C(F)(F)C(F)(F)CCCCc1ccc(C#Cc2ccc(CCCCC(F)(F)C(F)(F)C(F)(F)C(F)(F)C(F)(F)C(F)(F)C(F)(F)C(F)(F)C(F)(F)C(F)(F)F)cc2)cc1. The fourth-order valence-electron chi connectivity index (χ4n) is 6.50. The van der Waals surface area contributed by atoms with Crippen LogP contribution in [0.2, 0.25) is 0 Å². The average Bonchev–Trinajstić information content (AvgIpc) is 3.32. The van der Waals surface area contributed by atoms with Crippen LogP contribution in [0.3, 0.4) is 0 Å². The molecular weight excluding hydrogens is 1300 g/mol. The summed E-state index contributed by atoms with van der Waals surface area (Å²) in [6.45, 7) is 0. The van der Waals surface area contributed by atoms with Gasteiger partial charge in [0.2, 0.25) is 0 Å². The molecule has 2 aromatic rings. The maximum atomic E-state index is 14.3. The number of halogens is 42. The van der Waals surface area contributed by atoms with E-state index in [4.69, 9.17) is 0 Å². The Morgan fingerprint density at radius 2 is 0.369 bits per heavy atom. The maximum absolute atomic E-state index is 14.3. The van der Waals surface area contributed by atoms with E-state index in [9.17, 15) is 184 Å². The van der Waals surface area contributed by atoms with Crippen molar-refractivity contribution >= 4 is 0 Å². The van der Waals surface area contributed by atoms with E-state index in [0.717, 1.165) is 48.5 Å². The number of unbranched alkanes of at least 4 members (excludes halogenated alkanes) is 2. The number of aryl methyl sites for hydroxylation is 2. The Balaban J connectivity index is 2.14. The molecule has 0 radical (unpaired) electrons. The van der Waals surface area contributed by atoms with E-state index in [-0.39, 0.29) is 22.3 Å². The van der Waals surface area contributed by atoms with Gasteiger partial charge in [0.15, 0.2) is 0 Å². The second-order valence-corrected chi connectivity index (χ2v) is 17.7.